The second-order valence-electron chi connectivity index (χ2n) is 9.10. The number of aromatic nitrogens is 5. The highest BCUT2D eigenvalue weighted by Gasteiger charge is 2.36. The molecule has 3 aromatic rings. The number of tetrazole rings is 1. The number of piperidine rings is 1. The van der Waals surface area contributed by atoms with Gasteiger partial charge >= 0.3 is 0 Å². The molecule has 30 heavy (non-hydrogen) atoms. The highest BCUT2D eigenvalue weighted by atomic mass is 16.1. The Bertz CT molecular complexity index is 1100. The molecule has 1 atom stereocenters. The zero-order valence-electron chi connectivity index (χ0n) is 17.9. The van der Waals surface area contributed by atoms with Gasteiger partial charge in [0.2, 0.25) is 5.82 Å². The fourth-order valence-electron chi connectivity index (χ4n) is 5.39. The average molecular weight is 408 g/mol. The van der Waals surface area contributed by atoms with Crippen molar-refractivity contribution in [2.75, 3.05) is 13.1 Å². The number of aromatic amines is 1. The standard InChI is InChI=1S/C23H30N6O/c1-15-10-11-17-14-19(23(30)24-20(17)16(15)2)21(28-12-6-3-7-13-28)22-25-26-27-29(22)18-8-4-5-9-18/h10-11,14,18,21H,3-9,12-13H2,1-2H3,(H,24,30)/p+1/t21-/m0/s1. The lowest BCUT2D eigenvalue weighted by molar-refractivity contribution is -0.931. The van der Waals surface area contributed by atoms with E-state index in [4.69, 9.17) is 0 Å². The Kier molecular flexibility index (Phi) is 5.15. The van der Waals surface area contributed by atoms with Crippen molar-refractivity contribution in [1.82, 2.24) is 25.2 Å². The Labute approximate surface area is 176 Å². The number of hydrogen-bond acceptors (Lipinski definition) is 4. The summed E-state index contributed by atoms with van der Waals surface area (Å²) in [5, 5.41) is 14.0. The molecule has 1 saturated carbocycles. The Balaban J connectivity index is 1.66. The van der Waals surface area contributed by atoms with E-state index in [0.29, 0.717) is 6.04 Å². The third kappa shape index (κ3) is 3.35. The van der Waals surface area contributed by atoms with Gasteiger partial charge in [0, 0.05) is 0 Å². The number of nitrogens with one attached hydrogen (secondary N) is 2. The summed E-state index contributed by atoms with van der Waals surface area (Å²) in [5.41, 5.74) is 4.03. The van der Waals surface area contributed by atoms with E-state index in [2.05, 4.69) is 52.6 Å². The summed E-state index contributed by atoms with van der Waals surface area (Å²) >= 11 is 0. The summed E-state index contributed by atoms with van der Waals surface area (Å²) in [6, 6.07) is 6.55. The van der Waals surface area contributed by atoms with Gasteiger partial charge in [0.05, 0.1) is 30.2 Å². The van der Waals surface area contributed by atoms with Gasteiger partial charge in [-0.3, -0.25) is 4.79 Å². The van der Waals surface area contributed by atoms with Crippen LogP contribution in [0.25, 0.3) is 10.9 Å². The van der Waals surface area contributed by atoms with Crippen LogP contribution in [0.4, 0.5) is 0 Å². The van der Waals surface area contributed by atoms with E-state index in [0.717, 1.165) is 53.8 Å². The van der Waals surface area contributed by atoms with Gasteiger partial charge in [0.15, 0.2) is 6.04 Å². The summed E-state index contributed by atoms with van der Waals surface area (Å²) < 4.78 is 2.03. The Hall–Kier alpha value is -2.54. The summed E-state index contributed by atoms with van der Waals surface area (Å²) in [6.45, 7) is 6.25. The van der Waals surface area contributed by atoms with E-state index in [-0.39, 0.29) is 11.6 Å². The number of hydrogen-bond donors (Lipinski definition) is 2. The van der Waals surface area contributed by atoms with Crippen LogP contribution in [0.15, 0.2) is 23.0 Å². The van der Waals surface area contributed by atoms with Crippen LogP contribution in [0.3, 0.4) is 0 Å². The van der Waals surface area contributed by atoms with Crippen molar-refractivity contribution in [3.63, 3.8) is 0 Å². The number of likely N-dealkylation sites (tertiary alicyclic amines) is 1. The Morgan fingerprint density at radius 3 is 2.63 bits per heavy atom. The molecule has 2 aromatic heterocycles. The van der Waals surface area contributed by atoms with Crippen molar-refractivity contribution in [2.24, 2.45) is 0 Å². The largest absolute Gasteiger partial charge is 0.322 e. The molecule has 1 aromatic carbocycles. The first-order chi connectivity index (χ1) is 14.6. The number of quaternary nitrogens is 1. The van der Waals surface area contributed by atoms with Gasteiger partial charge in [-0.2, -0.15) is 0 Å². The average Bonchev–Trinajstić information content (AvgIpc) is 3.45. The molecule has 3 heterocycles. The highest BCUT2D eigenvalue weighted by molar-refractivity contribution is 5.83. The van der Waals surface area contributed by atoms with Crippen LogP contribution in [0.2, 0.25) is 0 Å². The maximum absolute atomic E-state index is 13.4. The first kappa shape index (κ1) is 19.4. The van der Waals surface area contributed by atoms with Crippen molar-refractivity contribution in [2.45, 2.75) is 70.9 Å². The molecule has 158 valence electrons. The monoisotopic (exact) mass is 407 g/mol. The first-order valence-electron chi connectivity index (χ1n) is 11.4. The second-order valence-corrected chi connectivity index (χ2v) is 9.10. The summed E-state index contributed by atoms with van der Waals surface area (Å²) in [4.78, 5) is 18.0. The van der Waals surface area contributed by atoms with Crippen molar-refractivity contribution < 1.29 is 4.90 Å². The predicted octanol–water partition coefficient (Wildman–Crippen LogP) is 2.40. The van der Waals surface area contributed by atoms with Gasteiger partial charge in [-0.25, -0.2) is 4.68 Å². The Morgan fingerprint density at radius 1 is 1.10 bits per heavy atom. The molecule has 1 aliphatic carbocycles. The molecule has 0 radical (unpaired) electrons. The van der Waals surface area contributed by atoms with Gasteiger partial charge in [-0.05, 0) is 79.0 Å². The fourth-order valence-corrected chi connectivity index (χ4v) is 5.39. The van der Waals surface area contributed by atoms with Gasteiger partial charge in [0.25, 0.3) is 5.56 Å². The van der Waals surface area contributed by atoms with E-state index in [1.54, 1.807) is 0 Å². The molecule has 2 N–H and O–H groups in total. The molecule has 2 aliphatic rings. The SMILES string of the molecule is Cc1ccc2cc([C@@H](c3nnnn3C3CCCC3)[NH+]3CCCCC3)c(=O)[nH]c2c1C. The molecule has 7 nitrogen and oxygen atoms in total. The zero-order chi connectivity index (χ0) is 20.7. The van der Waals surface area contributed by atoms with Gasteiger partial charge in [-0.15, -0.1) is 5.10 Å². The van der Waals surface area contributed by atoms with Gasteiger partial charge < -0.3 is 9.88 Å². The number of fused-ring (bicyclic) bond motifs is 1. The van der Waals surface area contributed by atoms with Crippen molar-refractivity contribution >= 4 is 10.9 Å². The molecule has 7 heteroatoms. The molecule has 0 spiro atoms. The molecule has 0 unspecified atom stereocenters. The molecule has 1 saturated heterocycles. The lowest BCUT2D eigenvalue weighted by Crippen LogP contribution is -3.13. The number of nitrogens with zero attached hydrogens (tertiary/aromatic N) is 4. The molecule has 2 fully saturated rings. The van der Waals surface area contributed by atoms with Crippen LogP contribution in [0.1, 0.15) is 79.5 Å². The molecule has 1 aliphatic heterocycles. The van der Waals surface area contributed by atoms with Gasteiger partial charge in [0.1, 0.15) is 0 Å². The highest BCUT2D eigenvalue weighted by Crippen LogP contribution is 2.31. The normalized spacial score (nSPS) is 19.5. The molecular weight excluding hydrogens is 376 g/mol. The minimum atomic E-state index is -0.129. The number of rotatable bonds is 4. The summed E-state index contributed by atoms with van der Waals surface area (Å²) in [6.07, 6.45) is 8.30. The minimum absolute atomic E-state index is 0.0137. The van der Waals surface area contributed by atoms with E-state index in [9.17, 15) is 4.79 Å². The van der Waals surface area contributed by atoms with Crippen molar-refractivity contribution in [1.29, 1.82) is 0 Å². The number of pyridine rings is 1. The zero-order valence-corrected chi connectivity index (χ0v) is 17.9. The molecule has 5 rings (SSSR count). The minimum Gasteiger partial charge on any atom is -0.322 e. The van der Waals surface area contributed by atoms with Crippen LogP contribution >= 0.6 is 0 Å². The van der Waals surface area contributed by atoms with E-state index < -0.39 is 0 Å². The maximum Gasteiger partial charge on any atom is 0.258 e. The fraction of sp³-hybridized carbons (Fsp3) is 0.565. The van der Waals surface area contributed by atoms with E-state index in [1.807, 2.05) is 4.68 Å². The van der Waals surface area contributed by atoms with Crippen LogP contribution in [-0.2, 0) is 0 Å². The number of H-pyrrole nitrogens is 1. The third-order valence-corrected chi connectivity index (χ3v) is 7.24. The quantitative estimate of drug-likeness (QED) is 0.696. The number of aryl methyl sites for hydroxylation is 2. The van der Waals surface area contributed by atoms with Gasteiger partial charge in [-0.1, -0.05) is 25.0 Å². The molecule has 0 bridgehead atoms. The summed E-state index contributed by atoms with van der Waals surface area (Å²) in [7, 11) is 0. The lowest BCUT2D eigenvalue weighted by atomic mass is 9.98. The van der Waals surface area contributed by atoms with E-state index in [1.165, 1.54) is 42.6 Å². The van der Waals surface area contributed by atoms with Crippen LogP contribution in [0.5, 0.6) is 0 Å². The summed E-state index contributed by atoms with van der Waals surface area (Å²) in [5.74, 6) is 0.854. The molecule has 0 amide bonds. The van der Waals surface area contributed by atoms with Crippen LogP contribution < -0.4 is 10.5 Å². The lowest BCUT2D eigenvalue weighted by Gasteiger charge is -2.31. The third-order valence-electron chi connectivity index (χ3n) is 7.24. The smallest absolute Gasteiger partial charge is 0.258 e. The predicted molar refractivity (Wildman–Crippen MR) is 116 cm³/mol. The second kappa shape index (κ2) is 7.95. The number of benzene rings is 1. The Morgan fingerprint density at radius 2 is 1.87 bits per heavy atom. The topological polar surface area (TPSA) is 80.9 Å². The van der Waals surface area contributed by atoms with Crippen molar-refractivity contribution in [3.8, 4) is 0 Å². The van der Waals surface area contributed by atoms with Crippen LogP contribution in [0, 0.1) is 13.8 Å². The maximum atomic E-state index is 13.4. The van der Waals surface area contributed by atoms with Crippen LogP contribution in [-0.4, -0.2) is 38.3 Å². The molecular formula is C23H31N6O+. The van der Waals surface area contributed by atoms with Crippen molar-refractivity contribution in [3.05, 3.63) is 51.1 Å². The van der Waals surface area contributed by atoms with E-state index >= 15 is 0 Å². The first-order valence-corrected chi connectivity index (χ1v) is 11.4.